The molecule has 0 aromatic carbocycles. The van der Waals surface area contributed by atoms with Crippen LogP contribution in [0.4, 0.5) is 0 Å². The zero-order valence-electron chi connectivity index (χ0n) is 7.49. The van der Waals surface area contributed by atoms with E-state index in [4.69, 9.17) is 14.6 Å². The lowest BCUT2D eigenvalue weighted by atomic mass is 10.0. The number of carboxylic acids is 1. The monoisotopic (exact) mass is 186 g/mol. The van der Waals surface area contributed by atoms with Gasteiger partial charge in [-0.1, -0.05) is 0 Å². The quantitative estimate of drug-likeness (QED) is 0.685. The molecular formula is C9H14O4. The predicted octanol–water partition coefficient (Wildman–Crippen LogP) is 0.657. The summed E-state index contributed by atoms with van der Waals surface area (Å²) in [6.45, 7) is 1.93. The molecule has 1 aliphatic heterocycles. The van der Waals surface area contributed by atoms with Gasteiger partial charge in [0.2, 0.25) is 0 Å². The fraction of sp³-hybridized carbons (Fsp3) is 0.889. The molecule has 0 amide bonds. The molecule has 0 aromatic heterocycles. The molecule has 1 aliphatic carbocycles. The summed E-state index contributed by atoms with van der Waals surface area (Å²) < 4.78 is 10.5. The Labute approximate surface area is 76.8 Å². The maximum atomic E-state index is 10.5. The van der Waals surface area contributed by atoms with Crippen molar-refractivity contribution in [3.05, 3.63) is 0 Å². The van der Waals surface area contributed by atoms with Crippen molar-refractivity contribution in [1.29, 1.82) is 0 Å². The Kier molecular flexibility index (Phi) is 2.26. The second kappa shape index (κ2) is 3.27. The minimum Gasteiger partial charge on any atom is -0.481 e. The van der Waals surface area contributed by atoms with Crippen LogP contribution in [0.25, 0.3) is 0 Å². The van der Waals surface area contributed by atoms with Crippen LogP contribution in [0.3, 0.4) is 0 Å². The fourth-order valence-corrected chi connectivity index (χ4v) is 1.47. The Bertz CT molecular complexity index is 206. The number of hydrogen-bond donors (Lipinski definition) is 1. The molecule has 2 aliphatic rings. The Morgan fingerprint density at radius 2 is 2.23 bits per heavy atom. The lowest BCUT2D eigenvalue weighted by Crippen LogP contribution is -2.37. The zero-order chi connectivity index (χ0) is 9.31. The first kappa shape index (κ1) is 8.97. The van der Waals surface area contributed by atoms with E-state index in [-0.39, 0.29) is 17.9 Å². The Morgan fingerprint density at radius 3 is 2.62 bits per heavy atom. The highest BCUT2D eigenvalue weighted by molar-refractivity contribution is 5.68. The van der Waals surface area contributed by atoms with Gasteiger partial charge in [0.15, 0.2) is 0 Å². The van der Waals surface area contributed by atoms with E-state index in [1.807, 2.05) is 0 Å². The summed E-state index contributed by atoms with van der Waals surface area (Å²) in [4.78, 5) is 10.5. The van der Waals surface area contributed by atoms with Crippen LogP contribution in [-0.4, -0.2) is 37.0 Å². The van der Waals surface area contributed by atoms with Crippen molar-refractivity contribution >= 4 is 5.97 Å². The van der Waals surface area contributed by atoms with Gasteiger partial charge in [0.1, 0.15) is 6.10 Å². The third-order valence-corrected chi connectivity index (χ3v) is 2.72. The summed E-state index contributed by atoms with van der Waals surface area (Å²) >= 11 is 0. The SMILES string of the molecule is O=C(O)CC1(COC2COC2)CC1. The largest absolute Gasteiger partial charge is 0.481 e. The molecule has 1 saturated heterocycles. The molecule has 74 valence electrons. The van der Waals surface area contributed by atoms with E-state index < -0.39 is 5.97 Å². The summed E-state index contributed by atoms with van der Waals surface area (Å²) in [7, 11) is 0. The zero-order valence-corrected chi connectivity index (χ0v) is 7.49. The van der Waals surface area contributed by atoms with E-state index in [1.54, 1.807) is 0 Å². The topological polar surface area (TPSA) is 55.8 Å². The first-order chi connectivity index (χ1) is 6.20. The molecule has 0 spiro atoms. The molecule has 1 N–H and O–H groups in total. The van der Waals surface area contributed by atoms with Crippen LogP contribution in [0.15, 0.2) is 0 Å². The first-order valence-electron chi connectivity index (χ1n) is 4.61. The molecule has 2 fully saturated rings. The molecule has 0 radical (unpaired) electrons. The van der Waals surface area contributed by atoms with Gasteiger partial charge in [-0.3, -0.25) is 4.79 Å². The fourth-order valence-electron chi connectivity index (χ4n) is 1.47. The van der Waals surface area contributed by atoms with Gasteiger partial charge in [-0.05, 0) is 12.8 Å². The van der Waals surface area contributed by atoms with E-state index >= 15 is 0 Å². The molecule has 4 nitrogen and oxygen atoms in total. The van der Waals surface area contributed by atoms with Gasteiger partial charge in [0, 0.05) is 5.41 Å². The molecule has 0 bridgehead atoms. The van der Waals surface area contributed by atoms with Crippen molar-refractivity contribution in [2.75, 3.05) is 19.8 Å². The van der Waals surface area contributed by atoms with Crippen molar-refractivity contribution in [2.45, 2.75) is 25.4 Å². The molecule has 0 atom stereocenters. The maximum absolute atomic E-state index is 10.5. The molecule has 2 rings (SSSR count). The average Bonchev–Trinajstić information content (AvgIpc) is 2.64. The third-order valence-electron chi connectivity index (χ3n) is 2.72. The maximum Gasteiger partial charge on any atom is 0.303 e. The molecule has 0 aromatic rings. The van der Waals surface area contributed by atoms with Gasteiger partial charge in [-0.2, -0.15) is 0 Å². The van der Waals surface area contributed by atoms with Crippen LogP contribution in [0.5, 0.6) is 0 Å². The Hall–Kier alpha value is -0.610. The molecule has 0 unspecified atom stereocenters. The van der Waals surface area contributed by atoms with Gasteiger partial charge in [0.05, 0.1) is 26.2 Å². The second-order valence-electron chi connectivity index (χ2n) is 4.04. The van der Waals surface area contributed by atoms with Gasteiger partial charge < -0.3 is 14.6 Å². The number of ether oxygens (including phenoxy) is 2. The van der Waals surface area contributed by atoms with Crippen LogP contribution >= 0.6 is 0 Å². The van der Waals surface area contributed by atoms with Gasteiger partial charge in [-0.25, -0.2) is 0 Å². The molecule has 13 heavy (non-hydrogen) atoms. The van der Waals surface area contributed by atoms with Crippen molar-refractivity contribution in [3.63, 3.8) is 0 Å². The smallest absolute Gasteiger partial charge is 0.303 e. The highest BCUT2D eigenvalue weighted by Crippen LogP contribution is 2.49. The van der Waals surface area contributed by atoms with Crippen LogP contribution in [-0.2, 0) is 14.3 Å². The molecule has 1 saturated carbocycles. The highest BCUT2D eigenvalue weighted by atomic mass is 16.6. The first-order valence-corrected chi connectivity index (χ1v) is 4.61. The average molecular weight is 186 g/mol. The summed E-state index contributed by atoms with van der Waals surface area (Å²) in [5, 5.41) is 8.65. The lowest BCUT2D eigenvalue weighted by molar-refractivity contribution is -0.147. The standard InChI is InChI=1S/C9H14O4/c10-8(11)3-9(1-2-9)6-13-7-4-12-5-7/h7H,1-6H2,(H,10,11). The van der Waals surface area contributed by atoms with Crippen LogP contribution in [0, 0.1) is 5.41 Å². The van der Waals surface area contributed by atoms with Gasteiger partial charge in [0.25, 0.3) is 0 Å². The van der Waals surface area contributed by atoms with Crippen molar-refractivity contribution in [3.8, 4) is 0 Å². The van der Waals surface area contributed by atoms with Crippen LogP contribution in [0.2, 0.25) is 0 Å². The number of hydrogen-bond acceptors (Lipinski definition) is 3. The van der Waals surface area contributed by atoms with Crippen molar-refractivity contribution in [1.82, 2.24) is 0 Å². The number of carbonyl (C=O) groups is 1. The van der Waals surface area contributed by atoms with Gasteiger partial charge in [-0.15, -0.1) is 0 Å². The third kappa shape index (κ3) is 2.19. The van der Waals surface area contributed by atoms with Gasteiger partial charge >= 0.3 is 5.97 Å². The number of aliphatic carboxylic acids is 1. The lowest BCUT2D eigenvalue weighted by Gasteiger charge is -2.27. The Morgan fingerprint density at radius 1 is 1.54 bits per heavy atom. The molecule has 1 heterocycles. The minimum atomic E-state index is -0.717. The van der Waals surface area contributed by atoms with Crippen LogP contribution < -0.4 is 0 Å². The van der Waals surface area contributed by atoms with E-state index in [2.05, 4.69) is 0 Å². The van der Waals surface area contributed by atoms with Crippen molar-refractivity contribution < 1.29 is 19.4 Å². The van der Waals surface area contributed by atoms with Crippen LogP contribution in [0.1, 0.15) is 19.3 Å². The Balaban J connectivity index is 1.70. The normalized spacial score (nSPS) is 25.2. The van der Waals surface area contributed by atoms with E-state index in [0.717, 1.165) is 12.8 Å². The molecule has 4 heteroatoms. The molecular weight excluding hydrogens is 172 g/mol. The summed E-state index contributed by atoms with van der Waals surface area (Å²) in [5.74, 6) is -0.717. The summed E-state index contributed by atoms with van der Waals surface area (Å²) in [6, 6.07) is 0. The van der Waals surface area contributed by atoms with E-state index in [0.29, 0.717) is 19.8 Å². The van der Waals surface area contributed by atoms with E-state index in [1.165, 1.54) is 0 Å². The summed E-state index contributed by atoms with van der Waals surface area (Å²) in [5.41, 5.74) is -0.0403. The highest BCUT2D eigenvalue weighted by Gasteiger charge is 2.45. The second-order valence-corrected chi connectivity index (χ2v) is 4.04. The minimum absolute atomic E-state index is 0.0403. The number of carboxylic acid groups (broad SMARTS) is 1. The van der Waals surface area contributed by atoms with E-state index in [9.17, 15) is 4.79 Å². The number of rotatable bonds is 5. The summed E-state index contributed by atoms with van der Waals surface area (Å²) in [6.07, 6.45) is 2.45. The predicted molar refractivity (Wildman–Crippen MR) is 44.5 cm³/mol. The van der Waals surface area contributed by atoms with Crippen molar-refractivity contribution in [2.24, 2.45) is 5.41 Å².